The predicted octanol–water partition coefficient (Wildman–Crippen LogP) is 0.302. The second-order valence-electron chi connectivity index (χ2n) is 6.59. The van der Waals surface area contributed by atoms with Gasteiger partial charge in [0.25, 0.3) is 17.6 Å². The lowest BCUT2D eigenvalue weighted by molar-refractivity contribution is -0.119. The normalized spacial score (nSPS) is 14.3. The van der Waals surface area contributed by atoms with Gasteiger partial charge in [-0.3, -0.25) is 14.4 Å². The monoisotopic (exact) mass is 321 g/mol. The molecule has 2 rings (SSSR count). The summed E-state index contributed by atoms with van der Waals surface area (Å²) in [6.07, 6.45) is 2.46. The number of nitrogens with one attached hydrogen (secondary N) is 1. The number of carbonyl (C=O) groups excluding carboxylic acids is 3. The summed E-state index contributed by atoms with van der Waals surface area (Å²) in [5.41, 5.74) is 6.32. The van der Waals surface area contributed by atoms with Crippen LogP contribution >= 0.6 is 0 Å². The number of primary amides is 1. The molecule has 0 saturated heterocycles. The van der Waals surface area contributed by atoms with Crippen molar-refractivity contribution in [3.63, 3.8) is 0 Å². The molecule has 126 valence electrons. The molecule has 1 aliphatic heterocycles. The van der Waals surface area contributed by atoms with Gasteiger partial charge in [-0.2, -0.15) is 0 Å². The van der Waals surface area contributed by atoms with Gasteiger partial charge >= 0.3 is 0 Å². The minimum atomic E-state index is -0.898. The first kappa shape index (κ1) is 17.2. The summed E-state index contributed by atoms with van der Waals surface area (Å²) in [5, 5.41) is 11.7. The molecule has 0 aromatic carbocycles. The number of nitrogens with two attached hydrogens (primary N) is 1. The summed E-state index contributed by atoms with van der Waals surface area (Å²) >= 11 is 0. The van der Waals surface area contributed by atoms with Crippen molar-refractivity contribution in [3.05, 3.63) is 22.5 Å². The molecule has 0 bridgehead atoms. The van der Waals surface area contributed by atoms with Crippen LogP contribution < -0.4 is 11.1 Å². The molecule has 0 fully saturated rings. The number of ketones is 1. The van der Waals surface area contributed by atoms with Gasteiger partial charge in [0.1, 0.15) is 0 Å². The standard InChI is InChI=1S/C16H23N3O4/c1-9-11(14(17)22)10-6-4-5-7-19(10)12(9)13(21)15(23)18-16(2,3)8-20/h20H,4-8H2,1-3H3,(H2,17,22)(H,18,23). The zero-order valence-corrected chi connectivity index (χ0v) is 13.7. The Balaban J connectivity index is 2.45. The number of aliphatic hydroxyl groups excluding tert-OH is 1. The number of amides is 2. The first-order valence-electron chi connectivity index (χ1n) is 7.69. The number of hydrogen-bond donors (Lipinski definition) is 3. The van der Waals surface area contributed by atoms with E-state index >= 15 is 0 Å². The van der Waals surface area contributed by atoms with E-state index in [0.717, 1.165) is 18.5 Å². The van der Waals surface area contributed by atoms with Crippen molar-refractivity contribution in [2.24, 2.45) is 5.73 Å². The molecule has 1 aromatic heterocycles. The third-order valence-electron chi connectivity index (χ3n) is 4.17. The summed E-state index contributed by atoms with van der Waals surface area (Å²) in [5.74, 6) is -2.09. The molecule has 0 radical (unpaired) electrons. The topological polar surface area (TPSA) is 114 Å². The van der Waals surface area contributed by atoms with Crippen LogP contribution in [0.25, 0.3) is 0 Å². The molecule has 7 nitrogen and oxygen atoms in total. The number of hydrogen-bond acceptors (Lipinski definition) is 4. The Labute approximate surface area is 134 Å². The molecular formula is C16H23N3O4. The third-order valence-corrected chi connectivity index (χ3v) is 4.17. The van der Waals surface area contributed by atoms with E-state index < -0.39 is 23.1 Å². The Kier molecular flexibility index (Phi) is 4.61. The van der Waals surface area contributed by atoms with E-state index in [1.165, 1.54) is 0 Å². The fourth-order valence-corrected chi connectivity index (χ4v) is 3.01. The highest BCUT2D eigenvalue weighted by Gasteiger charge is 2.33. The molecule has 2 heterocycles. The van der Waals surface area contributed by atoms with Crippen LogP contribution in [0.4, 0.5) is 0 Å². The maximum atomic E-state index is 12.6. The van der Waals surface area contributed by atoms with Gasteiger partial charge in [-0.25, -0.2) is 0 Å². The number of rotatable bonds is 5. The minimum Gasteiger partial charge on any atom is -0.394 e. The lowest BCUT2D eigenvalue weighted by atomic mass is 10.0. The van der Waals surface area contributed by atoms with Crippen LogP contribution in [0.15, 0.2) is 0 Å². The average molecular weight is 321 g/mol. The maximum absolute atomic E-state index is 12.6. The Morgan fingerprint density at radius 1 is 1.30 bits per heavy atom. The summed E-state index contributed by atoms with van der Waals surface area (Å²) in [6, 6.07) is 0. The van der Waals surface area contributed by atoms with Crippen LogP contribution in [0.2, 0.25) is 0 Å². The average Bonchev–Trinajstić information content (AvgIpc) is 2.78. The van der Waals surface area contributed by atoms with Crippen LogP contribution in [0, 0.1) is 6.92 Å². The van der Waals surface area contributed by atoms with E-state index in [1.807, 2.05) is 0 Å². The molecule has 0 aliphatic carbocycles. The van der Waals surface area contributed by atoms with Crippen molar-refractivity contribution < 1.29 is 19.5 Å². The van der Waals surface area contributed by atoms with E-state index in [9.17, 15) is 19.5 Å². The predicted molar refractivity (Wildman–Crippen MR) is 84.3 cm³/mol. The SMILES string of the molecule is Cc1c(C(N)=O)c2n(c1C(=O)C(=O)NC(C)(C)CO)CCCC2. The van der Waals surface area contributed by atoms with Gasteiger partial charge in [-0.15, -0.1) is 0 Å². The van der Waals surface area contributed by atoms with E-state index in [4.69, 9.17) is 5.73 Å². The van der Waals surface area contributed by atoms with Gasteiger partial charge in [0, 0.05) is 12.2 Å². The Morgan fingerprint density at radius 3 is 2.52 bits per heavy atom. The number of Topliss-reactive ketones (excluding diaryl/α,β-unsaturated/α-hetero) is 1. The van der Waals surface area contributed by atoms with E-state index in [-0.39, 0.29) is 12.3 Å². The number of nitrogens with zero attached hydrogens (tertiary/aromatic N) is 1. The third kappa shape index (κ3) is 3.14. The Morgan fingerprint density at radius 2 is 1.96 bits per heavy atom. The minimum absolute atomic E-state index is 0.222. The number of aliphatic hydroxyl groups is 1. The van der Waals surface area contributed by atoms with Crippen molar-refractivity contribution in [1.29, 1.82) is 0 Å². The van der Waals surface area contributed by atoms with Crippen LogP contribution in [-0.4, -0.2) is 39.4 Å². The van der Waals surface area contributed by atoms with E-state index in [2.05, 4.69) is 5.32 Å². The zero-order valence-electron chi connectivity index (χ0n) is 13.7. The second-order valence-corrected chi connectivity index (χ2v) is 6.59. The smallest absolute Gasteiger partial charge is 0.294 e. The molecule has 7 heteroatoms. The molecule has 0 saturated carbocycles. The van der Waals surface area contributed by atoms with Crippen LogP contribution in [0.5, 0.6) is 0 Å². The van der Waals surface area contributed by atoms with Gasteiger partial charge in [0.05, 0.1) is 23.4 Å². The highest BCUT2D eigenvalue weighted by molar-refractivity contribution is 6.43. The van der Waals surface area contributed by atoms with Gasteiger partial charge in [0.2, 0.25) is 0 Å². The summed E-state index contributed by atoms with van der Waals surface area (Å²) < 4.78 is 1.74. The van der Waals surface area contributed by atoms with Gasteiger partial charge < -0.3 is 20.7 Å². The molecule has 2 amide bonds. The first-order valence-corrected chi connectivity index (χ1v) is 7.69. The molecule has 1 aliphatic rings. The quantitative estimate of drug-likeness (QED) is 0.534. The first-order chi connectivity index (χ1) is 10.7. The summed E-state index contributed by atoms with van der Waals surface area (Å²) in [4.78, 5) is 36.6. The molecule has 23 heavy (non-hydrogen) atoms. The molecule has 0 spiro atoms. The van der Waals surface area contributed by atoms with Crippen LogP contribution in [0.3, 0.4) is 0 Å². The number of carbonyl (C=O) groups is 3. The largest absolute Gasteiger partial charge is 0.394 e. The van der Waals surface area contributed by atoms with Crippen LogP contribution in [0.1, 0.15) is 58.8 Å². The molecule has 4 N–H and O–H groups in total. The van der Waals surface area contributed by atoms with Crippen molar-refractivity contribution >= 4 is 17.6 Å². The van der Waals surface area contributed by atoms with Crippen molar-refractivity contribution in [3.8, 4) is 0 Å². The zero-order chi connectivity index (χ0) is 17.4. The molecular weight excluding hydrogens is 298 g/mol. The second kappa shape index (κ2) is 6.16. The molecule has 0 atom stereocenters. The van der Waals surface area contributed by atoms with Crippen molar-refractivity contribution in [2.45, 2.75) is 52.1 Å². The summed E-state index contributed by atoms with van der Waals surface area (Å²) in [6.45, 7) is 5.18. The van der Waals surface area contributed by atoms with Gasteiger partial charge in [-0.1, -0.05) is 0 Å². The molecule has 1 aromatic rings. The Hall–Kier alpha value is -2.15. The highest BCUT2D eigenvalue weighted by atomic mass is 16.3. The van der Waals surface area contributed by atoms with Gasteiger partial charge in [0.15, 0.2) is 0 Å². The molecule has 0 unspecified atom stereocenters. The fraction of sp³-hybridized carbons (Fsp3) is 0.562. The number of fused-ring (bicyclic) bond motifs is 1. The van der Waals surface area contributed by atoms with Crippen molar-refractivity contribution in [1.82, 2.24) is 9.88 Å². The fourth-order valence-electron chi connectivity index (χ4n) is 3.01. The maximum Gasteiger partial charge on any atom is 0.294 e. The van der Waals surface area contributed by atoms with E-state index in [1.54, 1.807) is 25.3 Å². The van der Waals surface area contributed by atoms with Crippen LogP contribution in [-0.2, 0) is 17.8 Å². The lowest BCUT2D eigenvalue weighted by Gasteiger charge is -2.23. The van der Waals surface area contributed by atoms with E-state index in [0.29, 0.717) is 24.1 Å². The Bertz CT molecular complexity index is 673. The lowest BCUT2D eigenvalue weighted by Crippen LogP contribution is -2.49. The van der Waals surface area contributed by atoms with Gasteiger partial charge in [-0.05, 0) is 45.6 Å². The number of aromatic nitrogens is 1. The van der Waals surface area contributed by atoms with Crippen molar-refractivity contribution in [2.75, 3.05) is 6.61 Å². The highest BCUT2D eigenvalue weighted by Crippen LogP contribution is 2.28. The summed E-state index contributed by atoms with van der Waals surface area (Å²) in [7, 11) is 0.